The predicted octanol–water partition coefficient (Wildman–Crippen LogP) is 1.60. The highest BCUT2D eigenvalue weighted by Crippen LogP contribution is 2.34. The Hall–Kier alpha value is -1.56. The van der Waals surface area contributed by atoms with E-state index in [1.165, 1.54) is 4.90 Å². The maximum Gasteiger partial charge on any atom is 0.317 e. The van der Waals surface area contributed by atoms with E-state index in [-0.39, 0.29) is 25.7 Å². The first kappa shape index (κ1) is 17.5. The fourth-order valence-electron chi connectivity index (χ4n) is 2.78. The third-order valence-electron chi connectivity index (χ3n) is 4.10. The molecule has 6 nitrogen and oxygen atoms in total. The van der Waals surface area contributed by atoms with Gasteiger partial charge in [-0.25, -0.2) is 4.79 Å². The van der Waals surface area contributed by atoms with E-state index in [1.54, 1.807) is 6.08 Å². The summed E-state index contributed by atoms with van der Waals surface area (Å²) in [4.78, 5) is 25.1. The van der Waals surface area contributed by atoms with Gasteiger partial charge < -0.3 is 20.4 Å². The van der Waals surface area contributed by atoms with Gasteiger partial charge in [-0.2, -0.15) is 0 Å². The van der Waals surface area contributed by atoms with Crippen LogP contribution < -0.4 is 5.32 Å². The molecule has 2 amide bonds. The molecule has 1 aliphatic rings. The van der Waals surface area contributed by atoms with Gasteiger partial charge in [0.2, 0.25) is 0 Å². The van der Waals surface area contributed by atoms with E-state index in [9.17, 15) is 14.7 Å². The van der Waals surface area contributed by atoms with Gasteiger partial charge in [0.1, 0.15) is 0 Å². The van der Waals surface area contributed by atoms with Crippen LogP contribution in [0.3, 0.4) is 0 Å². The van der Waals surface area contributed by atoms with Crippen molar-refractivity contribution in [3.63, 3.8) is 0 Å². The van der Waals surface area contributed by atoms with Gasteiger partial charge in [-0.15, -0.1) is 6.58 Å². The Morgan fingerprint density at radius 1 is 1.24 bits per heavy atom. The number of rotatable bonds is 7. The number of aliphatic hydroxyl groups is 1. The Kier molecular flexibility index (Phi) is 7.22. The molecule has 1 saturated carbocycles. The Morgan fingerprint density at radius 2 is 1.86 bits per heavy atom. The fourth-order valence-corrected chi connectivity index (χ4v) is 2.78. The summed E-state index contributed by atoms with van der Waals surface area (Å²) in [5, 5.41) is 21.2. The van der Waals surface area contributed by atoms with Crippen molar-refractivity contribution in [1.29, 1.82) is 0 Å². The highest BCUT2D eigenvalue weighted by atomic mass is 16.4. The molecule has 0 bridgehead atoms. The molecule has 1 fully saturated rings. The molecule has 0 saturated heterocycles. The van der Waals surface area contributed by atoms with Crippen molar-refractivity contribution in [3.8, 4) is 0 Å². The number of nitrogens with zero attached hydrogens (tertiary/aromatic N) is 1. The number of carbonyl (C=O) groups excluding carboxylic acids is 1. The molecular formula is C15H26N2O4. The smallest absolute Gasteiger partial charge is 0.317 e. The third kappa shape index (κ3) is 5.04. The molecule has 21 heavy (non-hydrogen) atoms. The highest BCUT2D eigenvalue weighted by Gasteiger charge is 2.39. The molecule has 1 rings (SSSR count). The van der Waals surface area contributed by atoms with Crippen molar-refractivity contribution >= 4 is 12.0 Å². The van der Waals surface area contributed by atoms with Gasteiger partial charge in [-0.3, -0.25) is 4.79 Å². The molecule has 0 aromatic carbocycles. The molecule has 0 aromatic rings. The zero-order valence-corrected chi connectivity index (χ0v) is 12.5. The SMILES string of the molecule is C=CCN(CCO)C(=O)NCC1(C(=O)O)CCCCCC1. The largest absolute Gasteiger partial charge is 0.481 e. The minimum atomic E-state index is -0.856. The standard InChI is InChI=1S/C15H26N2O4/c1-2-9-17(10-11-18)14(21)16-12-15(13(19)20)7-5-3-4-6-8-15/h2,18H,1,3-12H2,(H,16,21)(H,19,20). The second-order valence-corrected chi connectivity index (χ2v) is 5.62. The van der Waals surface area contributed by atoms with Gasteiger partial charge in [-0.05, 0) is 12.8 Å². The summed E-state index contributed by atoms with van der Waals surface area (Å²) in [6.45, 7) is 4.11. The van der Waals surface area contributed by atoms with Crippen LogP contribution in [0.2, 0.25) is 0 Å². The lowest BCUT2D eigenvalue weighted by Gasteiger charge is -2.30. The van der Waals surface area contributed by atoms with Crippen LogP contribution in [-0.2, 0) is 4.79 Å². The van der Waals surface area contributed by atoms with Crippen LogP contribution in [0.25, 0.3) is 0 Å². The molecule has 0 radical (unpaired) electrons. The average molecular weight is 298 g/mol. The number of hydrogen-bond donors (Lipinski definition) is 3. The number of carbonyl (C=O) groups is 2. The number of aliphatic carboxylic acids is 1. The first-order valence-electron chi connectivity index (χ1n) is 7.53. The summed E-state index contributed by atoms with van der Waals surface area (Å²) in [5.74, 6) is -0.831. The van der Waals surface area contributed by atoms with Gasteiger partial charge in [-0.1, -0.05) is 31.8 Å². The van der Waals surface area contributed by atoms with E-state index in [0.29, 0.717) is 19.4 Å². The van der Waals surface area contributed by atoms with Crippen LogP contribution in [0.1, 0.15) is 38.5 Å². The number of aliphatic hydroxyl groups excluding tert-OH is 1. The topological polar surface area (TPSA) is 89.9 Å². The maximum absolute atomic E-state index is 12.1. The lowest BCUT2D eigenvalue weighted by Crippen LogP contribution is -2.48. The van der Waals surface area contributed by atoms with Crippen LogP contribution in [0.5, 0.6) is 0 Å². The van der Waals surface area contributed by atoms with Crippen molar-refractivity contribution in [3.05, 3.63) is 12.7 Å². The molecule has 6 heteroatoms. The molecular weight excluding hydrogens is 272 g/mol. The van der Waals surface area contributed by atoms with E-state index in [0.717, 1.165) is 25.7 Å². The number of hydrogen-bond acceptors (Lipinski definition) is 3. The molecule has 0 aromatic heterocycles. The molecule has 0 spiro atoms. The summed E-state index contributed by atoms with van der Waals surface area (Å²) in [6, 6.07) is -0.353. The summed E-state index contributed by atoms with van der Waals surface area (Å²) in [5.41, 5.74) is -0.856. The zero-order chi connectivity index (χ0) is 15.7. The number of urea groups is 1. The number of carboxylic acids is 1. The average Bonchev–Trinajstić information content (AvgIpc) is 2.71. The van der Waals surface area contributed by atoms with Crippen molar-refractivity contribution in [2.45, 2.75) is 38.5 Å². The van der Waals surface area contributed by atoms with Crippen molar-refractivity contribution in [2.24, 2.45) is 5.41 Å². The first-order valence-corrected chi connectivity index (χ1v) is 7.53. The van der Waals surface area contributed by atoms with Gasteiger partial charge >= 0.3 is 12.0 Å². The van der Waals surface area contributed by atoms with Crippen LogP contribution >= 0.6 is 0 Å². The lowest BCUT2D eigenvalue weighted by molar-refractivity contribution is -0.149. The first-order chi connectivity index (χ1) is 10.1. The molecule has 120 valence electrons. The van der Waals surface area contributed by atoms with Gasteiger partial charge in [0.25, 0.3) is 0 Å². The summed E-state index contributed by atoms with van der Waals surface area (Å²) in [6.07, 6.45) is 6.65. The van der Waals surface area contributed by atoms with Gasteiger partial charge in [0.15, 0.2) is 0 Å². The van der Waals surface area contributed by atoms with Crippen molar-refractivity contribution in [2.75, 3.05) is 26.2 Å². The second kappa shape index (κ2) is 8.67. The maximum atomic E-state index is 12.1. The van der Waals surface area contributed by atoms with E-state index in [1.807, 2.05) is 0 Å². The van der Waals surface area contributed by atoms with Gasteiger partial charge in [0, 0.05) is 19.6 Å². The van der Waals surface area contributed by atoms with Crippen molar-refractivity contribution < 1.29 is 19.8 Å². The van der Waals surface area contributed by atoms with Crippen LogP contribution in [0.4, 0.5) is 4.79 Å². The van der Waals surface area contributed by atoms with E-state index in [2.05, 4.69) is 11.9 Å². The zero-order valence-electron chi connectivity index (χ0n) is 12.5. The normalized spacial score (nSPS) is 17.6. The summed E-state index contributed by atoms with van der Waals surface area (Å²) < 4.78 is 0. The highest BCUT2D eigenvalue weighted by molar-refractivity contribution is 5.78. The molecule has 0 atom stereocenters. The third-order valence-corrected chi connectivity index (χ3v) is 4.10. The van der Waals surface area contributed by atoms with Gasteiger partial charge in [0.05, 0.1) is 12.0 Å². The summed E-state index contributed by atoms with van der Waals surface area (Å²) >= 11 is 0. The Balaban J connectivity index is 2.65. The lowest BCUT2D eigenvalue weighted by atomic mass is 9.80. The Labute approximate surface area is 125 Å². The van der Waals surface area contributed by atoms with Crippen LogP contribution in [-0.4, -0.2) is 53.4 Å². The van der Waals surface area contributed by atoms with E-state index >= 15 is 0 Å². The quantitative estimate of drug-likeness (QED) is 0.492. The fraction of sp³-hybridized carbons (Fsp3) is 0.733. The number of amides is 2. The Morgan fingerprint density at radius 3 is 2.33 bits per heavy atom. The molecule has 0 heterocycles. The minimum absolute atomic E-state index is 0.134. The number of carboxylic acid groups (broad SMARTS) is 1. The van der Waals surface area contributed by atoms with E-state index < -0.39 is 11.4 Å². The van der Waals surface area contributed by atoms with E-state index in [4.69, 9.17) is 5.11 Å². The Bertz CT molecular complexity index is 363. The predicted molar refractivity (Wildman–Crippen MR) is 80.0 cm³/mol. The molecule has 3 N–H and O–H groups in total. The molecule has 1 aliphatic carbocycles. The number of nitrogens with one attached hydrogen (secondary N) is 1. The van der Waals surface area contributed by atoms with Crippen LogP contribution in [0.15, 0.2) is 12.7 Å². The van der Waals surface area contributed by atoms with Crippen LogP contribution in [0, 0.1) is 5.41 Å². The second-order valence-electron chi connectivity index (χ2n) is 5.62. The minimum Gasteiger partial charge on any atom is -0.481 e. The van der Waals surface area contributed by atoms with Crippen molar-refractivity contribution in [1.82, 2.24) is 10.2 Å². The molecule has 0 aliphatic heterocycles. The monoisotopic (exact) mass is 298 g/mol. The summed E-state index contributed by atoms with van der Waals surface area (Å²) in [7, 11) is 0. The molecule has 0 unspecified atom stereocenters.